The molecule has 12 nitrogen and oxygen atoms in total. The molecule has 0 aromatic rings. The normalized spacial score (nSPS) is 19.7. The average Bonchev–Trinajstić information content (AvgIpc) is 3.31. The first kappa shape index (κ1) is 60.7. The highest BCUT2D eigenvalue weighted by Crippen LogP contribution is 2.26. The lowest BCUT2D eigenvalue weighted by Gasteiger charge is -2.40. The summed E-state index contributed by atoms with van der Waals surface area (Å²) in [6, 6.07) is 0. The zero-order valence-corrected chi connectivity index (χ0v) is 41.1. The van der Waals surface area contributed by atoms with E-state index in [1.165, 1.54) is 25.7 Å². The highest BCUT2D eigenvalue weighted by molar-refractivity contribution is 5.74. The van der Waals surface area contributed by atoms with Crippen molar-refractivity contribution in [3.63, 3.8) is 0 Å². The topological polar surface area (TPSA) is 175 Å². The van der Waals surface area contributed by atoms with Crippen molar-refractivity contribution in [2.45, 2.75) is 212 Å². The summed E-state index contributed by atoms with van der Waals surface area (Å²) in [6.07, 6.45) is 42.9. The average molecular weight is 939 g/mol. The smallest absolute Gasteiger partial charge is 0.335 e. The summed E-state index contributed by atoms with van der Waals surface area (Å²) >= 11 is 0. The highest BCUT2D eigenvalue weighted by atomic mass is 16.7. The van der Waals surface area contributed by atoms with Gasteiger partial charge in [-0.15, -0.1) is 0 Å². The fourth-order valence-electron chi connectivity index (χ4n) is 6.84. The van der Waals surface area contributed by atoms with Crippen molar-refractivity contribution in [3.05, 3.63) is 97.2 Å². The van der Waals surface area contributed by atoms with Crippen LogP contribution in [0, 0.1) is 0 Å². The highest BCUT2D eigenvalue weighted by Gasteiger charge is 2.50. The van der Waals surface area contributed by atoms with E-state index in [1.54, 1.807) is 0 Å². The molecular weight excluding hydrogens is 853 g/mol. The number of aliphatic hydroxyl groups is 2. The number of carboxylic acids is 1. The number of esters is 3. The van der Waals surface area contributed by atoms with Crippen molar-refractivity contribution < 1.29 is 58.2 Å². The number of rotatable bonds is 40. The second-order valence-electron chi connectivity index (χ2n) is 16.7. The lowest BCUT2D eigenvalue weighted by Crippen LogP contribution is -2.61. The molecule has 12 heteroatoms. The van der Waals surface area contributed by atoms with Crippen molar-refractivity contribution >= 4 is 23.9 Å². The van der Waals surface area contributed by atoms with Crippen LogP contribution in [0.15, 0.2) is 97.2 Å². The second kappa shape index (κ2) is 43.0. The number of carbonyl (C=O) groups excluding carboxylic acids is 3. The molecular formula is C55H86O12. The van der Waals surface area contributed by atoms with Crippen LogP contribution in [-0.4, -0.2) is 89.2 Å². The van der Waals surface area contributed by atoms with E-state index < -0.39 is 67.3 Å². The Kier molecular flexibility index (Phi) is 38.9. The van der Waals surface area contributed by atoms with Crippen molar-refractivity contribution in [1.29, 1.82) is 0 Å². The van der Waals surface area contributed by atoms with Gasteiger partial charge in [0.2, 0.25) is 0 Å². The Balaban J connectivity index is 2.82. The Morgan fingerprint density at radius 1 is 0.507 bits per heavy atom. The van der Waals surface area contributed by atoms with Gasteiger partial charge in [-0.25, -0.2) is 4.79 Å². The molecule has 1 fully saturated rings. The van der Waals surface area contributed by atoms with Gasteiger partial charge in [-0.05, 0) is 83.5 Å². The number of aliphatic carboxylic acids is 1. The molecule has 3 N–H and O–H groups in total. The van der Waals surface area contributed by atoms with Gasteiger partial charge in [-0.3, -0.25) is 14.4 Å². The van der Waals surface area contributed by atoms with Crippen LogP contribution in [0.5, 0.6) is 0 Å². The van der Waals surface area contributed by atoms with Gasteiger partial charge in [0.15, 0.2) is 24.6 Å². The van der Waals surface area contributed by atoms with Gasteiger partial charge >= 0.3 is 23.9 Å². The quantitative estimate of drug-likeness (QED) is 0.0230. The Morgan fingerprint density at radius 3 is 1.49 bits per heavy atom. The van der Waals surface area contributed by atoms with Gasteiger partial charge < -0.3 is 39.0 Å². The molecule has 0 spiro atoms. The SMILES string of the molecule is CC/C=C\C/C=C\C/C=C\C/C=C\CCCCC(=O)OCC(COC1OC(C(=O)O)C(O)C(O)C1OC(=O)CCCCCCCCCCC)OC(=O)CC/C=C\C/C=C\C/C=C\C/C=C\CC. The standard InChI is InChI=1S/C55H86O12/c1-4-7-10-13-16-19-21-23-24-26-27-30-32-35-38-41-47(56)63-44-46(65-48(57)42-39-36-34-31-28-25-22-20-17-14-11-8-5-2)45-64-55-53(51(60)50(59)52(67-55)54(61)62)66-49(58)43-40-37-33-29-18-15-12-9-6-3/h7-8,10-11,16-17,19-20,23-25,27-28,30,34,36,46,50-53,55,59-60H,4-6,9,12-15,18,21-22,26,29,31-33,35,37-45H2,1-3H3,(H,61,62)/b10-7-,11-8-,19-16-,20-17-,24-23-,28-25-,30-27-,36-34-. The molecule has 0 aliphatic carbocycles. The molecule has 1 aliphatic rings. The van der Waals surface area contributed by atoms with Crippen molar-refractivity contribution in [2.75, 3.05) is 13.2 Å². The zero-order chi connectivity index (χ0) is 49.0. The number of carboxylic acid groups (broad SMARTS) is 1. The first-order valence-electron chi connectivity index (χ1n) is 25.2. The molecule has 378 valence electrons. The van der Waals surface area contributed by atoms with Crippen LogP contribution in [-0.2, 0) is 42.9 Å². The van der Waals surface area contributed by atoms with Gasteiger partial charge in [0, 0.05) is 19.3 Å². The van der Waals surface area contributed by atoms with Crippen LogP contribution in [0.2, 0.25) is 0 Å². The largest absolute Gasteiger partial charge is 0.479 e. The Bertz CT molecular complexity index is 1540. The van der Waals surface area contributed by atoms with Gasteiger partial charge in [0.05, 0.1) is 6.61 Å². The first-order valence-corrected chi connectivity index (χ1v) is 25.2. The van der Waals surface area contributed by atoms with Crippen LogP contribution in [0.4, 0.5) is 0 Å². The molecule has 0 aromatic carbocycles. The predicted octanol–water partition coefficient (Wildman–Crippen LogP) is 11.8. The first-order chi connectivity index (χ1) is 32.6. The van der Waals surface area contributed by atoms with E-state index >= 15 is 0 Å². The van der Waals surface area contributed by atoms with Crippen molar-refractivity contribution in [1.82, 2.24) is 0 Å². The van der Waals surface area contributed by atoms with Crippen LogP contribution < -0.4 is 0 Å². The maximum absolute atomic E-state index is 13.0. The third-order valence-corrected chi connectivity index (χ3v) is 10.7. The maximum atomic E-state index is 13.0. The van der Waals surface area contributed by atoms with Gasteiger partial charge in [0.25, 0.3) is 0 Å². The van der Waals surface area contributed by atoms with Crippen LogP contribution >= 0.6 is 0 Å². The summed E-state index contributed by atoms with van der Waals surface area (Å²) in [5, 5.41) is 31.2. The number of carbonyl (C=O) groups is 4. The maximum Gasteiger partial charge on any atom is 0.335 e. The van der Waals surface area contributed by atoms with E-state index in [9.17, 15) is 34.5 Å². The molecule has 0 amide bonds. The van der Waals surface area contributed by atoms with E-state index in [0.29, 0.717) is 25.7 Å². The summed E-state index contributed by atoms with van der Waals surface area (Å²) in [7, 11) is 0. The van der Waals surface area contributed by atoms with E-state index in [-0.39, 0.29) is 25.9 Å². The molecule has 6 unspecified atom stereocenters. The molecule has 0 aromatic heterocycles. The Labute approximate surface area is 403 Å². The molecule has 6 atom stereocenters. The van der Waals surface area contributed by atoms with E-state index in [2.05, 4.69) is 99.8 Å². The summed E-state index contributed by atoms with van der Waals surface area (Å²) in [5.74, 6) is -3.31. The fraction of sp³-hybridized carbons (Fsp3) is 0.636. The number of hydrogen-bond acceptors (Lipinski definition) is 11. The number of hydrogen-bond donors (Lipinski definition) is 3. The van der Waals surface area contributed by atoms with Gasteiger partial charge in [-0.2, -0.15) is 0 Å². The number of aliphatic hydroxyl groups excluding tert-OH is 2. The third kappa shape index (κ3) is 33.7. The second-order valence-corrected chi connectivity index (χ2v) is 16.7. The molecule has 1 aliphatic heterocycles. The monoisotopic (exact) mass is 939 g/mol. The molecule has 1 saturated heterocycles. The molecule has 1 rings (SSSR count). The molecule has 1 heterocycles. The minimum absolute atomic E-state index is 0.0288. The van der Waals surface area contributed by atoms with E-state index in [0.717, 1.165) is 83.5 Å². The zero-order valence-electron chi connectivity index (χ0n) is 41.1. The van der Waals surface area contributed by atoms with Gasteiger partial charge in [0.1, 0.15) is 18.8 Å². The number of ether oxygens (including phenoxy) is 5. The third-order valence-electron chi connectivity index (χ3n) is 10.7. The number of allylic oxidation sites excluding steroid dienone is 16. The van der Waals surface area contributed by atoms with E-state index in [1.807, 2.05) is 18.2 Å². The number of unbranched alkanes of at least 4 members (excludes halogenated alkanes) is 10. The lowest BCUT2D eigenvalue weighted by molar-refractivity contribution is -0.301. The predicted molar refractivity (Wildman–Crippen MR) is 266 cm³/mol. The minimum atomic E-state index is -1.92. The van der Waals surface area contributed by atoms with Crippen LogP contribution in [0.3, 0.4) is 0 Å². The van der Waals surface area contributed by atoms with E-state index in [4.69, 9.17) is 23.7 Å². The molecule has 67 heavy (non-hydrogen) atoms. The molecule has 0 bridgehead atoms. The minimum Gasteiger partial charge on any atom is -0.479 e. The molecule has 0 radical (unpaired) electrons. The lowest BCUT2D eigenvalue weighted by atomic mass is 9.98. The fourth-order valence-corrected chi connectivity index (χ4v) is 6.84. The summed E-state index contributed by atoms with van der Waals surface area (Å²) in [4.78, 5) is 50.7. The van der Waals surface area contributed by atoms with Crippen LogP contribution in [0.1, 0.15) is 175 Å². The Morgan fingerprint density at radius 2 is 0.970 bits per heavy atom. The Hall–Kier alpha value is -4.36. The summed E-state index contributed by atoms with van der Waals surface area (Å²) in [6.45, 7) is 5.58. The van der Waals surface area contributed by atoms with Crippen molar-refractivity contribution in [3.8, 4) is 0 Å². The van der Waals surface area contributed by atoms with Crippen molar-refractivity contribution in [2.24, 2.45) is 0 Å². The summed E-state index contributed by atoms with van der Waals surface area (Å²) in [5.41, 5.74) is 0. The molecule has 0 saturated carbocycles. The summed E-state index contributed by atoms with van der Waals surface area (Å²) < 4.78 is 28.1. The van der Waals surface area contributed by atoms with Gasteiger partial charge in [-0.1, -0.05) is 169 Å². The van der Waals surface area contributed by atoms with Crippen LogP contribution in [0.25, 0.3) is 0 Å².